The van der Waals surface area contributed by atoms with Gasteiger partial charge in [-0.05, 0) is 55.3 Å². The maximum absolute atomic E-state index is 5.97. The minimum atomic E-state index is 0.440. The van der Waals surface area contributed by atoms with Crippen LogP contribution < -0.4 is 14.8 Å². The number of aryl methyl sites for hydroxylation is 1. The molecule has 1 N–H and O–H groups in total. The Kier molecular flexibility index (Phi) is 7.13. The molecule has 0 bridgehead atoms. The Morgan fingerprint density at radius 2 is 1.71 bits per heavy atom. The van der Waals surface area contributed by atoms with Crippen LogP contribution in [-0.4, -0.2) is 20.3 Å². The summed E-state index contributed by atoms with van der Waals surface area (Å²) in [6.45, 7) is 8.26. The lowest BCUT2D eigenvalue weighted by Gasteiger charge is -2.16. The lowest BCUT2D eigenvalue weighted by atomic mass is 10.0. The average molecular weight is 392 g/mol. The first-order valence-corrected chi connectivity index (χ1v) is 9.09. The molecule has 2 aromatic rings. The van der Waals surface area contributed by atoms with E-state index >= 15 is 0 Å². The lowest BCUT2D eigenvalue weighted by molar-refractivity contribution is 0.214. The highest BCUT2D eigenvalue weighted by atomic mass is 79.9. The van der Waals surface area contributed by atoms with E-state index in [1.165, 1.54) is 11.1 Å². The Hall–Kier alpha value is -1.52. The van der Waals surface area contributed by atoms with E-state index in [1.807, 2.05) is 19.2 Å². The fourth-order valence-electron chi connectivity index (χ4n) is 2.56. The van der Waals surface area contributed by atoms with Gasteiger partial charge in [-0.1, -0.05) is 41.9 Å². The second-order valence-electron chi connectivity index (χ2n) is 6.18. The smallest absolute Gasteiger partial charge is 0.124 e. The molecule has 2 aromatic carbocycles. The molecule has 0 spiro atoms. The first-order valence-electron chi connectivity index (χ1n) is 8.30. The number of rotatable bonds is 8. The van der Waals surface area contributed by atoms with Gasteiger partial charge in [-0.25, -0.2) is 0 Å². The third kappa shape index (κ3) is 5.25. The Morgan fingerprint density at radius 3 is 2.38 bits per heavy atom. The van der Waals surface area contributed by atoms with E-state index < -0.39 is 0 Å². The largest absolute Gasteiger partial charge is 0.490 e. The fraction of sp³-hybridized carbons (Fsp3) is 0.400. The van der Waals surface area contributed by atoms with Crippen LogP contribution in [0, 0.1) is 6.92 Å². The molecule has 0 radical (unpaired) electrons. The van der Waals surface area contributed by atoms with Crippen LogP contribution in [0.1, 0.15) is 36.5 Å². The summed E-state index contributed by atoms with van der Waals surface area (Å²) < 4.78 is 12.9. The van der Waals surface area contributed by atoms with Crippen molar-refractivity contribution in [2.45, 2.75) is 33.2 Å². The summed E-state index contributed by atoms with van der Waals surface area (Å²) >= 11 is 3.50. The summed E-state index contributed by atoms with van der Waals surface area (Å²) in [6, 6.07) is 12.4. The number of nitrogens with one attached hydrogen (secondary N) is 1. The van der Waals surface area contributed by atoms with E-state index in [-0.39, 0.29) is 0 Å². The van der Waals surface area contributed by atoms with Crippen LogP contribution in [0.2, 0.25) is 0 Å². The monoisotopic (exact) mass is 391 g/mol. The molecule has 3 nitrogen and oxygen atoms in total. The van der Waals surface area contributed by atoms with E-state index in [0.717, 1.165) is 28.1 Å². The molecule has 0 aliphatic rings. The van der Waals surface area contributed by atoms with Gasteiger partial charge in [0.15, 0.2) is 0 Å². The fourth-order valence-corrected chi connectivity index (χ4v) is 2.97. The van der Waals surface area contributed by atoms with Crippen molar-refractivity contribution in [3.05, 3.63) is 57.6 Å². The zero-order chi connectivity index (χ0) is 17.5. The normalized spacial score (nSPS) is 10.9. The van der Waals surface area contributed by atoms with Gasteiger partial charge in [0.2, 0.25) is 0 Å². The molecule has 130 valence electrons. The summed E-state index contributed by atoms with van der Waals surface area (Å²) in [7, 11) is 1.93. The highest BCUT2D eigenvalue weighted by Crippen LogP contribution is 2.27. The van der Waals surface area contributed by atoms with Crippen molar-refractivity contribution >= 4 is 15.9 Å². The van der Waals surface area contributed by atoms with Gasteiger partial charge in [0.25, 0.3) is 0 Å². The second kappa shape index (κ2) is 9.09. The van der Waals surface area contributed by atoms with Crippen LogP contribution in [-0.2, 0) is 6.54 Å². The van der Waals surface area contributed by atoms with Gasteiger partial charge >= 0.3 is 0 Å². The number of halogens is 1. The molecular weight excluding hydrogens is 366 g/mol. The van der Waals surface area contributed by atoms with Crippen molar-refractivity contribution in [3.63, 3.8) is 0 Å². The van der Waals surface area contributed by atoms with Crippen molar-refractivity contribution in [3.8, 4) is 11.5 Å². The maximum atomic E-state index is 5.97. The van der Waals surface area contributed by atoms with E-state index in [2.05, 4.69) is 66.3 Å². The second-order valence-corrected chi connectivity index (χ2v) is 7.09. The minimum Gasteiger partial charge on any atom is -0.490 e. The topological polar surface area (TPSA) is 30.5 Å². The summed E-state index contributed by atoms with van der Waals surface area (Å²) in [5, 5.41) is 3.16. The lowest BCUT2D eigenvalue weighted by Crippen LogP contribution is -2.13. The van der Waals surface area contributed by atoms with E-state index in [1.54, 1.807) is 0 Å². The molecule has 4 heteroatoms. The van der Waals surface area contributed by atoms with Crippen molar-refractivity contribution in [2.24, 2.45) is 0 Å². The van der Waals surface area contributed by atoms with Crippen molar-refractivity contribution in [1.82, 2.24) is 5.32 Å². The third-order valence-corrected chi connectivity index (χ3v) is 4.27. The minimum absolute atomic E-state index is 0.440. The van der Waals surface area contributed by atoms with E-state index in [4.69, 9.17) is 9.47 Å². The zero-order valence-electron chi connectivity index (χ0n) is 14.9. The van der Waals surface area contributed by atoms with Crippen LogP contribution in [0.15, 0.2) is 40.9 Å². The molecule has 0 saturated carbocycles. The molecule has 0 amide bonds. The zero-order valence-corrected chi connectivity index (χ0v) is 16.4. The average Bonchev–Trinajstić information content (AvgIpc) is 2.53. The molecule has 0 aliphatic carbocycles. The van der Waals surface area contributed by atoms with Gasteiger partial charge in [0, 0.05) is 16.6 Å². The molecule has 2 rings (SSSR count). The van der Waals surface area contributed by atoms with Crippen LogP contribution in [0.4, 0.5) is 0 Å². The SMILES string of the molecule is CNCc1cc(Br)ccc1OCCOc1cc(C)ccc1C(C)C. The van der Waals surface area contributed by atoms with E-state index in [9.17, 15) is 0 Å². The van der Waals surface area contributed by atoms with Crippen LogP contribution >= 0.6 is 15.9 Å². The maximum Gasteiger partial charge on any atom is 0.124 e. The molecule has 0 heterocycles. The van der Waals surface area contributed by atoms with Gasteiger partial charge in [0.05, 0.1) is 0 Å². The quantitative estimate of drug-likeness (QED) is 0.637. The number of ether oxygens (including phenoxy) is 2. The van der Waals surface area contributed by atoms with Gasteiger partial charge < -0.3 is 14.8 Å². The Morgan fingerprint density at radius 1 is 1.00 bits per heavy atom. The molecule has 24 heavy (non-hydrogen) atoms. The van der Waals surface area contributed by atoms with Gasteiger partial charge in [-0.3, -0.25) is 0 Å². The highest BCUT2D eigenvalue weighted by molar-refractivity contribution is 9.10. The molecular formula is C20H26BrNO2. The van der Waals surface area contributed by atoms with Gasteiger partial charge in [-0.15, -0.1) is 0 Å². The van der Waals surface area contributed by atoms with E-state index in [0.29, 0.717) is 19.1 Å². The summed E-state index contributed by atoms with van der Waals surface area (Å²) in [6.07, 6.45) is 0. The first kappa shape index (κ1) is 18.8. The Labute approximate surface area is 153 Å². The molecule has 0 saturated heterocycles. The third-order valence-electron chi connectivity index (χ3n) is 3.78. The highest BCUT2D eigenvalue weighted by Gasteiger charge is 2.09. The predicted octanol–water partition coefficient (Wildman–Crippen LogP) is 5.06. The summed E-state index contributed by atoms with van der Waals surface area (Å²) in [4.78, 5) is 0. The molecule has 0 unspecified atom stereocenters. The molecule has 0 atom stereocenters. The number of hydrogen-bond acceptors (Lipinski definition) is 3. The van der Waals surface area contributed by atoms with Crippen LogP contribution in [0.3, 0.4) is 0 Å². The predicted molar refractivity (Wildman–Crippen MR) is 103 cm³/mol. The molecule has 0 aromatic heterocycles. The number of hydrogen-bond donors (Lipinski definition) is 1. The van der Waals surface area contributed by atoms with Gasteiger partial charge in [0.1, 0.15) is 24.7 Å². The summed E-state index contributed by atoms with van der Waals surface area (Å²) in [5.41, 5.74) is 3.57. The van der Waals surface area contributed by atoms with Crippen LogP contribution in [0.25, 0.3) is 0 Å². The van der Waals surface area contributed by atoms with Crippen LogP contribution in [0.5, 0.6) is 11.5 Å². The van der Waals surface area contributed by atoms with Crippen molar-refractivity contribution < 1.29 is 9.47 Å². The first-order chi connectivity index (χ1) is 11.5. The summed E-state index contributed by atoms with van der Waals surface area (Å²) in [5.74, 6) is 2.29. The Balaban J connectivity index is 1.95. The standard InChI is InChI=1S/C20H26BrNO2/c1-14(2)18-7-5-15(3)11-20(18)24-10-9-23-19-8-6-17(21)12-16(19)13-22-4/h5-8,11-12,14,22H,9-10,13H2,1-4H3. The number of benzene rings is 2. The van der Waals surface area contributed by atoms with Gasteiger partial charge in [-0.2, -0.15) is 0 Å². The van der Waals surface area contributed by atoms with Crippen molar-refractivity contribution in [1.29, 1.82) is 0 Å². The molecule has 0 fully saturated rings. The molecule has 0 aliphatic heterocycles. The Bertz CT molecular complexity index is 671. The van der Waals surface area contributed by atoms with Crippen molar-refractivity contribution in [2.75, 3.05) is 20.3 Å².